The topological polar surface area (TPSA) is 99.6 Å². The minimum absolute atomic E-state index is 0.0303. The predicted molar refractivity (Wildman–Crippen MR) is 189 cm³/mol. The van der Waals surface area contributed by atoms with Gasteiger partial charge in [-0.3, -0.25) is 14.4 Å². The lowest BCUT2D eigenvalue weighted by atomic mass is 9.66. The fourth-order valence-electron chi connectivity index (χ4n) is 9.17. The van der Waals surface area contributed by atoms with Crippen LogP contribution in [0.5, 0.6) is 5.75 Å². The van der Waals surface area contributed by atoms with Gasteiger partial charge < -0.3 is 29.3 Å². The van der Waals surface area contributed by atoms with Crippen LogP contribution in [0.4, 0.5) is 5.69 Å². The molecule has 6 rings (SSSR count). The van der Waals surface area contributed by atoms with Gasteiger partial charge in [0, 0.05) is 24.8 Å². The molecule has 3 saturated heterocycles. The average molecular weight is 670 g/mol. The third-order valence-corrected chi connectivity index (χ3v) is 11.3. The fourth-order valence-corrected chi connectivity index (χ4v) is 9.17. The Bertz CT molecular complexity index is 1520. The molecule has 6 atom stereocenters. The van der Waals surface area contributed by atoms with Crippen LogP contribution < -0.4 is 9.64 Å². The van der Waals surface area contributed by atoms with Crippen molar-refractivity contribution in [1.82, 2.24) is 9.80 Å². The van der Waals surface area contributed by atoms with E-state index >= 15 is 9.59 Å². The second-order valence-corrected chi connectivity index (χ2v) is 14.2. The SMILES string of the molecule is C=CCN(C(=O)[C@@H]1[C@H]2C(=O)N([C@@H](CO)Cc3ccccc3)C(C(=O)N(CC=C)C3CCCCC3)C23CC[C@@]1(C)O3)c1ccc(OCC)cc1. The molecule has 1 N–H and O–H groups in total. The van der Waals surface area contributed by atoms with Crippen LogP contribution in [-0.4, -0.2) is 88.3 Å². The van der Waals surface area contributed by atoms with Crippen molar-refractivity contribution in [2.75, 3.05) is 31.2 Å². The Hall–Kier alpha value is -3.95. The fraction of sp³-hybridized carbons (Fsp3) is 0.525. The average Bonchev–Trinajstić information content (AvgIpc) is 3.69. The zero-order valence-corrected chi connectivity index (χ0v) is 29.0. The quantitative estimate of drug-likeness (QED) is 0.274. The number of carbonyl (C=O) groups is 3. The lowest BCUT2D eigenvalue weighted by Crippen LogP contribution is -2.60. The number of aliphatic hydroxyl groups is 1. The minimum atomic E-state index is -1.21. The van der Waals surface area contributed by atoms with Gasteiger partial charge in [0.1, 0.15) is 17.4 Å². The number of anilines is 1. The second kappa shape index (κ2) is 14.5. The monoisotopic (exact) mass is 669 g/mol. The van der Waals surface area contributed by atoms with Crippen LogP contribution in [-0.2, 0) is 25.5 Å². The van der Waals surface area contributed by atoms with Gasteiger partial charge in [-0.05, 0) is 75.8 Å². The van der Waals surface area contributed by atoms with E-state index in [2.05, 4.69) is 13.2 Å². The Labute approximate surface area is 290 Å². The summed E-state index contributed by atoms with van der Waals surface area (Å²) in [5.74, 6) is -1.74. The summed E-state index contributed by atoms with van der Waals surface area (Å²) < 4.78 is 12.6. The molecular weight excluding hydrogens is 618 g/mol. The molecule has 3 heterocycles. The van der Waals surface area contributed by atoms with Crippen LogP contribution in [0.25, 0.3) is 0 Å². The van der Waals surface area contributed by atoms with Crippen LogP contribution in [0.1, 0.15) is 64.4 Å². The lowest BCUT2D eigenvalue weighted by molar-refractivity contribution is -0.156. The van der Waals surface area contributed by atoms with Crippen LogP contribution in [0.3, 0.4) is 0 Å². The molecule has 9 heteroatoms. The molecule has 1 spiro atoms. The van der Waals surface area contributed by atoms with Crippen molar-refractivity contribution in [3.63, 3.8) is 0 Å². The molecular formula is C40H51N3O6. The van der Waals surface area contributed by atoms with Crippen LogP contribution >= 0.6 is 0 Å². The molecule has 2 aromatic carbocycles. The van der Waals surface area contributed by atoms with Gasteiger partial charge in [0.25, 0.3) is 0 Å². The summed E-state index contributed by atoms with van der Waals surface area (Å²) in [5.41, 5.74) is -0.548. The summed E-state index contributed by atoms with van der Waals surface area (Å²) in [7, 11) is 0. The first-order chi connectivity index (χ1) is 23.7. The molecule has 4 fully saturated rings. The number of carbonyl (C=O) groups excluding carboxylic acids is 3. The maximum absolute atomic E-state index is 15.1. The maximum atomic E-state index is 15.1. The number of fused-ring (bicyclic) bond motifs is 1. The molecule has 49 heavy (non-hydrogen) atoms. The predicted octanol–water partition coefficient (Wildman–Crippen LogP) is 5.32. The van der Waals surface area contributed by atoms with E-state index in [0.717, 1.165) is 37.7 Å². The van der Waals surface area contributed by atoms with Crippen LogP contribution in [0.2, 0.25) is 0 Å². The number of likely N-dealkylation sites (tertiary alicyclic amines) is 1. The van der Waals surface area contributed by atoms with Crippen molar-refractivity contribution in [3.8, 4) is 5.75 Å². The molecule has 262 valence electrons. The van der Waals surface area contributed by atoms with E-state index in [1.807, 2.05) is 73.3 Å². The van der Waals surface area contributed by atoms with E-state index in [-0.39, 0.29) is 36.9 Å². The first-order valence-corrected chi connectivity index (χ1v) is 18.0. The summed E-state index contributed by atoms with van der Waals surface area (Å²) in [6, 6.07) is 15.4. The van der Waals surface area contributed by atoms with Crippen LogP contribution in [0, 0.1) is 11.8 Å². The molecule has 1 aliphatic carbocycles. The van der Waals surface area contributed by atoms with Crippen molar-refractivity contribution in [1.29, 1.82) is 0 Å². The Morgan fingerprint density at radius 2 is 1.71 bits per heavy atom. The van der Waals surface area contributed by atoms with E-state index in [1.54, 1.807) is 22.0 Å². The minimum Gasteiger partial charge on any atom is -0.494 e. The number of ether oxygens (including phenoxy) is 2. The molecule has 2 unspecified atom stereocenters. The normalized spacial score (nSPS) is 28.2. The molecule has 1 saturated carbocycles. The number of nitrogens with zero attached hydrogens (tertiary/aromatic N) is 3. The molecule has 0 aromatic heterocycles. The van der Waals surface area contributed by atoms with Gasteiger partial charge in [0.05, 0.1) is 36.7 Å². The van der Waals surface area contributed by atoms with Gasteiger partial charge in [-0.15, -0.1) is 13.2 Å². The van der Waals surface area contributed by atoms with Gasteiger partial charge in [-0.25, -0.2) is 0 Å². The third-order valence-electron chi connectivity index (χ3n) is 11.3. The maximum Gasteiger partial charge on any atom is 0.248 e. The standard InChI is InChI=1S/C40H51N3O6/c1-5-24-41(30-18-20-32(21-19-30)48-7-3)36(45)33-34-37(46)43(31(27-44)26-28-14-10-8-11-15-28)35(40(34)23-22-39(33,4)49-40)38(47)42(25-6-2)29-16-12-9-13-17-29/h5-6,8,10-11,14-15,18-21,29,31,33-35,44H,1-2,7,9,12-13,16-17,22-27H2,3-4H3/t31-,33+,34+,35?,39-,40?/m1/s1. The number of rotatable bonds is 14. The largest absolute Gasteiger partial charge is 0.494 e. The highest BCUT2D eigenvalue weighted by molar-refractivity contribution is 6.03. The van der Waals surface area contributed by atoms with Crippen molar-refractivity contribution in [2.24, 2.45) is 11.8 Å². The summed E-state index contributed by atoms with van der Waals surface area (Å²) in [6.45, 7) is 12.5. The third kappa shape index (κ3) is 6.20. The lowest BCUT2D eigenvalue weighted by Gasteiger charge is -2.42. The summed E-state index contributed by atoms with van der Waals surface area (Å²) in [5, 5.41) is 10.9. The first kappa shape index (κ1) is 34.9. The molecule has 3 aliphatic heterocycles. The first-order valence-electron chi connectivity index (χ1n) is 18.0. The highest BCUT2D eigenvalue weighted by Crippen LogP contribution is 2.64. The zero-order chi connectivity index (χ0) is 34.8. The molecule has 3 amide bonds. The van der Waals surface area contributed by atoms with E-state index in [4.69, 9.17) is 9.47 Å². The Balaban J connectivity index is 1.43. The van der Waals surface area contributed by atoms with Crippen molar-refractivity contribution in [3.05, 3.63) is 85.5 Å². The van der Waals surface area contributed by atoms with E-state index in [1.165, 1.54) is 0 Å². The molecule has 4 aliphatic rings. The number of aliphatic hydroxyl groups excluding tert-OH is 1. The molecule has 9 nitrogen and oxygen atoms in total. The van der Waals surface area contributed by atoms with Gasteiger partial charge >= 0.3 is 0 Å². The van der Waals surface area contributed by atoms with Gasteiger partial charge in [0.15, 0.2) is 0 Å². The van der Waals surface area contributed by atoms with Gasteiger partial charge in [0.2, 0.25) is 17.7 Å². The molecule has 2 aromatic rings. The van der Waals surface area contributed by atoms with E-state index in [0.29, 0.717) is 43.9 Å². The van der Waals surface area contributed by atoms with Crippen LogP contribution in [0.15, 0.2) is 79.9 Å². The van der Waals surface area contributed by atoms with Crippen molar-refractivity contribution in [2.45, 2.75) is 94.5 Å². The van der Waals surface area contributed by atoms with E-state index in [9.17, 15) is 9.90 Å². The van der Waals surface area contributed by atoms with Gasteiger partial charge in [-0.1, -0.05) is 61.7 Å². The number of hydrogen-bond acceptors (Lipinski definition) is 6. The summed E-state index contributed by atoms with van der Waals surface area (Å²) in [6.07, 6.45) is 9.79. The Kier molecular flexibility index (Phi) is 10.3. The van der Waals surface area contributed by atoms with E-state index < -0.39 is 35.1 Å². The van der Waals surface area contributed by atoms with Crippen molar-refractivity contribution < 1.29 is 29.0 Å². The molecule has 2 bridgehead atoms. The number of hydrogen-bond donors (Lipinski definition) is 1. The zero-order valence-electron chi connectivity index (χ0n) is 29.0. The molecule has 0 radical (unpaired) electrons. The Morgan fingerprint density at radius 1 is 1.02 bits per heavy atom. The summed E-state index contributed by atoms with van der Waals surface area (Å²) in [4.78, 5) is 50.2. The number of amides is 3. The number of benzene rings is 2. The van der Waals surface area contributed by atoms with Crippen molar-refractivity contribution >= 4 is 23.4 Å². The summed E-state index contributed by atoms with van der Waals surface area (Å²) >= 11 is 0. The second-order valence-electron chi connectivity index (χ2n) is 14.2. The van der Waals surface area contributed by atoms with Gasteiger partial charge in [-0.2, -0.15) is 0 Å². The highest BCUT2D eigenvalue weighted by atomic mass is 16.5. The highest BCUT2D eigenvalue weighted by Gasteiger charge is 2.79. The Morgan fingerprint density at radius 3 is 2.35 bits per heavy atom. The smallest absolute Gasteiger partial charge is 0.248 e.